The minimum Gasteiger partial charge on any atom is -0.493 e. The van der Waals surface area contributed by atoms with Gasteiger partial charge >= 0.3 is 0 Å². The van der Waals surface area contributed by atoms with Gasteiger partial charge in [0.2, 0.25) is 0 Å². The van der Waals surface area contributed by atoms with E-state index in [-0.39, 0.29) is 6.04 Å². The summed E-state index contributed by atoms with van der Waals surface area (Å²) >= 11 is 0. The van der Waals surface area contributed by atoms with Crippen molar-refractivity contribution in [3.05, 3.63) is 59.7 Å². The van der Waals surface area contributed by atoms with Crippen molar-refractivity contribution < 1.29 is 14.6 Å². The van der Waals surface area contributed by atoms with Gasteiger partial charge in [-0.1, -0.05) is 36.4 Å². The van der Waals surface area contributed by atoms with Crippen LogP contribution in [0.4, 0.5) is 0 Å². The minimum atomic E-state index is -0.512. The van der Waals surface area contributed by atoms with Gasteiger partial charge in [-0.3, -0.25) is 0 Å². The molecule has 4 nitrogen and oxygen atoms in total. The van der Waals surface area contributed by atoms with Gasteiger partial charge in [-0.05, 0) is 43.1 Å². The topological polar surface area (TPSA) is 50.7 Å². The highest BCUT2D eigenvalue weighted by Gasteiger charge is 2.15. The van der Waals surface area contributed by atoms with Crippen LogP contribution in [-0.4, -0.2) is 31.9 Å². The highest BCUT2D eigenvalue weighted by atomic mass is 16.5. The lowest BCUT2D eigenvalue weighted by Gasteiger charge is -2.20. The first-order valence-corrected chi connectivity index (χ1v) is 7.83. The van der Waals surface area contributed by atoms with Crippen LogP contribution >= 0.6 is 0 Å². The van der Waals surface area contributed by atoms with Gasteiger partial charge in [0.15, 0.2) is 11.5 Å². The molecule has 0 amide bonds. The second-order valence-electron chi connectivity index (χ2n) is 5.54. The Bertz CT molecular complexity index is 601. The third kappa shape index (κ3) is 4.71. The van der Waals surface area contributed by atoms with Gasteiger partial charge in [-0.25, -0.2) is 0 Å². The molecule has 23 heavy (non-hydrogen) atoms. The Morgan fingerprint density at radius 1 is 1.00 bits per heavy atom. The lowest BCUT2D eigenvalue weighted by molar-refractivity contribution is 0.136. The molecule has 0 saturated carbocycles. The predicted octanol–water partition coefficient (Wildman–Crippen LogP) is 2.96. The summed E-state index contributed by atoms with van der Waals surface area (Å²) in [4.78, 5) is 0. The number of nitrogens with one attached hydrogen (secondary N) is 1. The number of hydrogen-bond acceptors (Lipinski definition) is 4. The van der Waals surface area contributed by atoms with Crippen molar-refractivity contribution in [1.29, 1.82) is 0 Å². The van der Waals surface area contributed by atoms with E-state index in [4.69, 9.17) is 9.47 Å². The van der Waals surface area contributed by atoms with E-state index in [1.807, 2.05) is 55.5 Å². The highest BCUT2D eigenvalue weighted by molar-refractivity contribution is 5.42. The van der Waals surface area contributed by atoms with Crippen molar-refractivity contribution in [2.45, 2.75) is 25.5 Å². The van der Waals surface area contributed by atoms with Crippen LogP contribution in [0.15, 0.2) is 48.5 Å². The molecule has 124 valence electrons. The molecule has 4 heteroatoms. The Kier molecular flexibility index (Phi) is 6.44. The summed E-state index contributed by atoms with van der Waals surface area (Å²) in [5.41, 5.74) is 2.09. The van der Waals surface area contributed by atoms with E-state index in [1.54, 1.807) is 14.2 Å². The van der Waals surface area contributed by atoms with Gasteiger partial charge < -0.3 is 19.9 Å². The zero-order chi connectivity index (χ0) is 16.7. The van der Waals surface area contributed by atoms with E-state index in [0.29, 0.717) is 0 Å². The maximum absolute atomic E-state index is 10.3. The number of aliphatic hydroxyl groups is 1. The van der Waals surface area contributed by atoms with E-state index >= 15 is 0 Å². The van der Waals surface area contributed by atoms with Gasteiger partial charge in [-0.2, -0.15) is 0 Å². The summed E-state index contributed by atoms with van der Waals surface area (Å²) in [6, 6.07) is 15.6. The largest absolute Gasteiger partial charge is 0.493 e. The molecule has 0 aliphatic rings. The highest BCUT2D eigenvalue weighted by Crippen LogP contribution is 2.27. The van der Waals surface area contributed by atoms with Crippen molar-refractivity contribution in [1.82, 2.24) is 5.32 Å². The lowest BCUT2D eigenvalue weighted by Crippen LogP contribution is -2.33. The summed E-state index contributed by atoms with van der Waals surface area (Å²) < 4.78 is 10.6. The first-order chi connectivity index (χ1) is 11.2. The molecule has 0 spiro atoms. The molecular weight excluding hydrogens is 290 g/mol. The molecule has 0 aliphatic carbocycles. The van der Waals surface area contributed by atoms with Crippen molar-refractivity contribution in [3.8, 4) is 11.5 Å². The van der Waals surface area contributed by atoms with Crippen LogP contribution in [-0.2, 0) is 6.42 Å². The normalized spacial score (nSPS) is 13.4. The second-order valence-corrected chi connectivity index (χ2v) is 5.54. The standard InChI is InChI=1S/C19H25NO3/c1-14(19(21)16-7-5-4-6-8-16)20-12-11-15-9-10-17(22-2)18(13-15)23-3/h4-10,13-14,19-21H,11-12H2,1-3H3/t14-,19-/m1/s1. The molecule has 0 unspecified atom stereocenters. The average molecular weight is 315 g/mol. The molecule has 2 rings (SSSR count). The molecule has 0 aromatic heterocycles. The molecule has 0 radical (unpaired) electrons. The number of aliphatic hydroxyl groups excluding tert-OH is 1. The fourth-order valence-electron chi connectivity index (χ4n) is 2.53. The van der Waals surface area contributed by atoms with Crippen LogP contribution in [0.25, 0.3) is 0 Å². The minimum absolute atomic E-state index is 0.0162. The van der Waals surface area contributed by atoms with Gasteiger partial charge in [0, 0.05) is 6.04 Å². The Morgan fingerprint density at radius 2 is 1.70 bits per heavy atom. The number of hydrogen-bond donors (Lipinski definition) is 2. The van der Waals surface area contributed by atoms with Crippen LogP contribution < -0.4 is 14.8 Å². The lowest BCUT2D eigenvalue weighted by atomic mass is 10.0. The third-order valence-corrected chi connectivity index (χ3v) is 3.94. The maximum atomic E-state index is 10.3. The molecule has 2 aromatic rings. The molecule has 2 atom stereocenters. The van der Waals surface area contributed by atoms with E-state index in [2.05, 4.69) is 5.32 Å². The molecule has 0 bridgehead atoms. The van der Waals surface area contributed by atoms with E-state index < -0.39 is 6.10 Å². The van der Waals surface area contributed by atoms with Crippen LogP contribution in [0.3, 0.4) is 0 Å². The van der Waals surface area contributed by atoms with Gasteiger partial charge in [0.05, 0.1) is 20.3 Å². The van der Waals surface area contributed by atoms with Crippen molar-refractivity contribution >= 4 is 0 Å². The first-order valence-electron chi connectivity index (χ1n) is 7.83. The van der Waals surface area contributed by atoms with Crippen molar-refractivity contribution in [2.24, 2.45) is 0 Å². The molecular formula is C19H25NO3. The Hall–Kier alpha value is -2.04. The van der Waals surface area contributed by atoms with Crippen LogP contribution in [0, 0.1) is 0 Å². The molecule has 0 heterocycles. The summed E-state index contributed by atoms with van der Waals surface area (Å²) in [7, 11) is 3.27. The van der Waals surface area contributed by atoms with Crippen LogP contribution in [0.2, 0.25) is 0 Å². The monoisotopic (exact) mass is 315 g/mol. The zero-order valence-corrected chi connectivity index (χ0v) is 14.0. The Morgan fingerprint density at radius 3 is 2.35 bits per heavy atom. The van der Waals surface area contributed by atoms with E-state index in [1.165, 1.54) is 0 Å². The first kappa shape index (κ1) is 17.3. The molecule has 2 aromatic carbocycles. The SMILES string of the molecule is COc1ccc(CCN[C@H](C)[C@@H](O)c2ccccc2)cc1OC. The summed E-state index contributed by atoms with van der Waals surface area (Å²) in [6.07, 6.45) is 0.341. The second kappa shape index (κ2) is 8.56. The number of rotatable bonds is 8. The van der Waals surface area contributed by atoms with Crippen molar-refractivity contribution in [2.75, 3.05) is 20.8 Å². The number of ether oxygens (including phenoxy) is 2. The molecule has 0 aliphatic heterocycles. The average Bonchev–Trinajstić information content (AvgIpc) is 2.61. The Balaban J connectivity index is 1.87. The van der Waals surface area contributed by atoms with Crippen LogP contribution in [0.5, 0.6) is 11.5 Å². The van der Waals surface area contributed by atoms with Crippen LogP contribution in [0.1, 0.15) is 24.2 Å². The maximum Gasteiger partial charge on any atom is 0.160 e. The number of benzene rings is 2. The predicted molar refractivity (Wildman–Crippen MR) is 92.1 cm³/mol. The van der Waals surface area contributed by atoms with Gasteiger partial charge in [-0.15, -0.1) is 0 Å². The van der Waals surface area contributed by atoms with Crippen molar-refractivity contribution in [3.63, 3.8) is 0 Å². The summed E-state index contributed by atoms with van der Waals surface area (Å²) in [5.74, 6) is 1.47. The third-order valence-electron chi connectivity index (χ3n) is 3.94. The van der Waals surface area contributed by atoms with E-state index in [9.17, 15) is 5.11 Å². The quantitative estimate of drug-likeness (QED) is 0.786. The molecule has 0 fully saturated rings. The number of methoxy groups -OCH3 is 2. The zero-order valence-electron chi connectivity index (χ0n) is 14.0. The van der Waals surface area contributed by atoms with Gasteiger partial charge in [0.1, 0.15) is 0 Å². The fourth-order valence-corrected chi connectivity index (χ4v) is 2.53. The fraction of sp³-hybridized carbons (Fsp3) is 0.368. The van der Waals surface area contributed by atoms with Gasteiger partial charge in [0.25, 0.3) is 0 Å². The summed E-state index contributed by atoms with van der Waals surface area (Å²) in [6.45, 7) is 2.77. The molecule has 2 N–H and O–H groups in total. The molecule has 0 saturated heterocycles. The van der Waals surface area contributed by atoms with E-state index in [0.717, 1.165) is 35.6 Å². The smallest absolute Gasteiger partial charge is 0.160 e. The Labute approximate surface area is 138 Å². The summed E-state index contributed by atoms with van der Waals surface area (Å²) in [5, 5.41) is 13.7.